The molecule has 0 spiro atoms. The molecule has 0 bridgehead atoms. The van der Waals surface area contributed by atoms with Gasteiger partial charge in [0.15, 0.2) is 0 Å². The Kier molecular flexibility index (Phi) is 5.69. The second kappa shape index (κ2) is 8.37. The van der Waals surface area contributed by atoms with Crippen LogP contribution in [0.3, 0.4) is 0 Å². The van der Waals surface area contributed by atoms with Gasteiger partial charge in [0, 0.05) is 48.8 Å². The first-order valence-electron chi connectivity index (χ1n) is 10.8. The molecular formula is C24H24F2IN3O2. The second-order valence-electron chi connectivity index (χ2n) is 9.03. The van der Waals surface area contributed by atoms with Crippen molar-refractivity contribution in [3.05, 3.63) is 59.2 Å². The lowest BCUT2D eigenvalue weighted by molar-refractivity contribution is -0.125. The summed E-state index contributed by atoms with van der Waals surface area (Å²) in [6.45, 7) is 1.94. The molecule has 1 aliphatic carbocycles. The molecule has 2 fully saturated rings. The Morgan fingerprint density at radius 1 is 0.938 bits per heavy atom. The molecule has 8 heteroatoms. The molecule has 2 aromatic carbocycles. The molecule has 2 heterocycles. The van der Waals surface area contributed by atoms with Crippen molar-refractivity contribution >= 4 is 34.5 Å². The molecule has 168 valence electrons. The van der Waals surface area contributed by atoms with Crippen LogP contribution in [0, 0.1) is 5.92 Å². The Bertz CT molecular complexity index is 1050. The number of alkyl halides is 3. The van der Waals surface area contributed by atoms with Gasteiger partial charge >= 0.3 is 9.96 Å². The molecule has 2 aromatic rings. The summed E-state index contributed by atoms with van der Waals surface area (Å²) in [6.07, 6.45) is 2.20. The molecule has 5 rings (SSSR count). The van der Waals surface area contributed by atoms with E-state index in [-0.39, 0.29) is 25.0 Å². The number of amides is 3. The van der Waals surface area contributed by atoms with Crippen LogP contribution < -0.4 is 0 Å². The molecule has 32 heavy (non-hydrogen) atoms. The fourth-order valence-electron chi connectivity index (χ4n) is 4.49. The number of halogens is 3. The predicted octanol–water partition coefficient (Wildman–Crippen LogP) is 4.87. The van der Waals surface area contributed by atoms with Crippen LogP contribution >= 0.6 is 22.6 Å². The van der Waals surface area contributed by atoms with E-state index in [0.29, 0.717) is 32.1 Å². The van der Waals surface area contributed by atoms with Crippen molar-refractivity contribution in [2.75, 3.05) is 19.6 Å². The first kappa shape index (κ1) is 21.8. The van der Waals surface area contributed by atoms with Crippen LogP contribution in [0.5, 0.6) is 0 Å². The average molecular weight is 551 g/mol. The van der Waals surface area contributed by atoms with Crippen molar-refractivity contribution in [1.29, 1.82) is 0 Å². The van der Waals surface area contributed by atoms with Crippen LogP contribution in [-0.2, 0) is 24.4 Å². The molecule has 3 amide bonds. The Morgan fingerprint density at radius 2 is 1.62 bits per heavy atom. The van der Waals surface area contributed by atoms with E-state index in [0.717, 1.165) is 40.7 Å². The van der Waals surface area contributed by atoms with Gasteiger partial charge < -0.3 is 4.90 Å². The van der Waals surface area contributed by atoms with E-state index in [1.54, 1.807) is 9.80 Å². The number of fused-ring (bicyclic) bond motifs is 1. The maximum atomic E-state index is 13.3. The van der Waals surface area contributed by atoms with Crippen molar-refractivity contribution in [3.63, 3.8) is 0 Å². The topological polar surface area (TPSA) is 43.9 Å². The summed E-state index contributed by atoms with van der Waals surface area (Å²) in [4.78, 5) is 29.5. The Labute approximate surface area is 199 Å². The van der Waals surface area contributed by atoms with Crippen LogP contribution in [0.1, 0.15) is 29.5 Å². The SMILES string of the molecule is O=C1CN(Cc2ccc(-c3ccc4c(c3)CN(CC(F)(F)I)C4)cc2)C(=O)N1CC1CC1. The molecule has 1 saturated heterocycles. The largest absolute Gasteiger partial charge is 0.327 e. The molecule has 2 aliphatic heterocycles. The highest BCUT2D eigenvalue weighted by atomic mass is 127. The third kappa shape index (κ3) is 4.80. The average Bonchev–Trinajstić information content (AvgIpc) is 3.41. The zero-order valence-electron chi connectivity index (χ0n) is 17.6. The summed E-state index contributed by atoms with van der Waals surface area (Å²) in [5, 5.41) is 0. The van der Waals surface area contributed by atoms with E-state index in [4.69, 9.17) is 0 Å². The normalized spacial score (nSPS) is 19.2. The lowest BCUT2D eigenvalue weighted by Crippen LogP contribution is -2.34. The summed E-state index contributed by atoms with van der Waals surface area (Å²) in [7, 11) is 0. The van der Waals surface area contributed by atoms with E-state index in [2.05, 4.69) is 6.07 Å². The smallest absolute Gasteiger partial charge is 0.311 e. The van der Waals surface area contributed by atoms with E-state index >= 15 is 0 Å². The van der Waals surface area contributed by atoms with Gasteiger partial charge in [-0.25, -0.2) is 4.79 Å². The molecular weight excluding hydrogens is 527 g/mol. The number of imide groups is 1. The van der Waals surface area contributed by atoms with Gasteiger partial charge in [0.25, 0.3) is 0 Å². The predicted molar refractivity (Wildman–Crippen MR) is 125 cm³/mol. The highest BCUT2D eigenvalue weighted by Crippen LogP contribution is 2.33. The van der Waals surface area contributed by atoms with Crippen LogP contribution in [0.25, 0.3) is 11.1 Å². The van der Waals surface area contributed by atoms with Gasteiger partial charge in [0.2, 0.25) is 5.91 Å². The monoisotopic (exact) mass is 551 g/mol. The summed E-state index contributed by atoms with van der Waals surface area (Å²) >= 11 is 1.19. The Morgan fingerprint density at radius 3 is 2.31 bits per heavy atom. The number of urea groups is 1. The molecule has 0 atom stereocenters. The zero-order valence-corrected chi connectivity index (χ0v) is 19.7. The van der Waals surface area contributed by atoms with E-state index < -0.39 is 3.93 Å². The number of benzene rings is 2. The van der Waals surface area contributed by atoms with Crippen molar-refractivity contribution < 1.29 is 18.4 Å². The maximum absolute atomic E-state index is 13.3. The van der Waals surface area contributed by atoms with Crippen LogP contribution in [0.2, 0.25) is 0 Å². The van der Waals surface area contributed by atoms with Crippen molar-refractivity contribution in [2.24, 2.45) is 5.92 Å². The Balaban J connectivity index is 1.24. The number of hydrogen-bond acceptors (Lipinski definition) is 3. The summed E-state index contributed by atoms with van der Waals surface area (Å²) in [5.74, 6) is 0.380. The van der Waals surface area contributed by atoms with E-state index in [1.165, 1.54) is 27.5 Å². The lowest BCUT2D eigenvalue weighted by Gasteiger charge is -2.18. The molecule has 0 N–H and O–H groups in total. The molecule has 1 saturated carbocycles. The fraction of sp³-hybridized carbons (Fsp3) is 0.417. The third-order valence-electron chi connectivity index (χ3n) is 6.32. The van der Waals surface area contributed by atoms with Crippen LogP contribution in [-0.4, -0.2) is 50.2 Å². The van der Waals surface area contributed by atoms with Gasteiger partial charge in [0.1, 0.15) is 6.54 Å². The van der Waals surface area contributed by atoms with Crippen molar-refractivity contribution in [3.8, 4) is 11.1 Å². The Hall–Kier alpha value is -2.07. The number of nitrogens with zero attached hydrogens (tertiary/aromatic N) is 3. The zero-order chi connectivity index (χ0) is 22.5. The van der Waals surface area contributed by atoms with Gasteiger partial charge in [-0.3, -0.25) is 14.6 Å². The van der Waals surface area contributed by atoms with E-state index in [1.807, 2.05) is 36.4 Å². The standard InChI is InChI=1S/C24H24F2IN3O2/c25-24(26,27)15-28-12-20-8-7-19(9-21(20)13-28)18-5-3-16(4-6-18)10-29-14-22(31)30(23(29)32)11-17-1-2-17/h3-9,17H,1-2,10-15H2. The summed E-state index contributed by atoms with van der Waals surface area (Å²) < 4.78 is 24.0. The van der Waals surface area contributed by atoms with Gasteiger partial charge in [0.05, 0.1) is 6.54 Å². The second-order valence-corrected chi connectivity index (χ2v) is 10.6. The number of rotatable bonds is 7. The number of carbonyl (C=O) groups is 2. The molecule has 0 aromatic heterocycles. The summed E-state index contributed by atoms with van der Waals surface area (Å²) in [6, 6.07) is 13.9. The fourth-order valence-corrected chi connectivity index (χ4v) is 4.97. The number of carbonyl (C=O) groups excluding carboxylic acids is 2. The minimum Gasteiger partial charge on any atom is -0.311 e. The molecule has 0 radical (unpaired) electrons. The molecule has 3 aliphatic rings. The maximum Gasteiger partial charge on any atom is 0.327 e. The highest BCUT2D eigenvalue weighted by molar-refractivity contribution is 14.1. The third-order valence-corrected chi connectivity index (χ3v) is 6.67. The number of hydrogen-bond donors (Lipinski definition) is 0. The van der Waals surface area contributed by atoms with Crippen LogP contribution in [0.15, 0.2) is 42.5 Å². The van der Waals surface area contributed by atoms with Gasteiger partial charge in [-0.15, -0.1) is 0 Å². The van der Waals surface area contributed by atoms with Crippen LogP contribution in [0.4, 0.5) is 13.6 Å². The van der Waals surface area contributed by atoms with E-state index in [9.17, 15) is 18.4 Å². The molecule has 0 unspecified atom stereocenters. The van der Waals surface area contributed by atoms with Gasteiger partial charge in [-0.1, -0.05) is 36.4 Å². The van der Waals surface area contributed by atoms with Crippen molar-refractivity contribution in [2.45, 2.75) is 36.4 Å². The molecule has 5 nitrogen and oxygen atoms in total. The minimum atomic E-state index is -2.73. The highest BCUT2D eigenvalue weighted by Gasteiger charge is 2.39. The quantitative estimate of drug-likeness (QED) is 0.280. The van der Waals surface area contributed by atoms with Gasteiger partial charge in [-0.2, -0.15) is 8.78 Å². The first-order valence-corrected chi connectivity index (χ1v) is 11.9. The summed E-state index contributed by atoms with van der Waals surface area (Å²) in [5.41, 5.74) is 5.23. The minimum absolute atomic E-state index is 0.106. The van der Waals surface area contributed by atoms with Crippen molar-refractivity contribution in [1.82, 2.24) is 14.7 Å². The van der Waals surface area contributed by atoms with Gasteiger partial charge in [-0.05, 0) is 52.6 Å². The lowest BCUT2D eigenvalue weighted by atomic mass is 9.99. The first-order chi connectivity index (χ1) is 15.2.